The molecule has 0 saturated heterocycles. The van der Waals surface area contributed by atoms with Gasteiger partial charge in [0.15, 0.2) is 0 Å². The van der Waals surface area contributed by atoms with Gasteiger partial charge in [-0.15, -0.1) is 0 Å². The van der Waals surface area contributed by atoms with Gasteiger partial charge in [0, 0.05) is 0 Å². The fraction of sp³-hybridized carbons (Fsp3) is 0.375. The molecular weight excluding hydrogens is 1070 g/mol. The van der Waals surface area contributed by atoms with Crippen molar-refractivity contribution in [2.24, 2.45) is 0 Å². The molecule has 8 heteroatoms. The topological polar surface area (TPSA) is 0 Å². The van der Waals surface area contributed by atoms with Gasteiger partial charge in [0.05, 0.1) is 0 Å². The molecule has 0 aromatic heterocycles. The van der Waals surface area contributed by atoms with E-state index in [2.05, 4.69) is 267 Å². The van der Waals surface area contributed by atoms with E-state index in [0.29, 0.717) is 0 Å². The Bertz CT molecular complexity index is 2870. The van der Waals surface area contributed by atoms with Crippen molar-refractivity contribution < 1.29 is 15.6 Å². The third-order valence-corrected chi connectivity index (χ3v) is 76.0. The summed E-state index contributed by atoms with van der Waals surface area (Å²) in [5.74, 6) is -1.98. The normalized spacial score (nSPS) is 17.3. The van der Waals surface area contributed by atoms with Crippen LogP contribution in [0.3, 0.4) is 0 Å². The number of allylic oxidation sites excluding steroid dienone is 2. The Kier molecular flexibility index (Phi) is 14.5. The zero-order valence-electron chi connectivity index (χ0n) is 47.7. The van der Waals surface area contributed by atoms with Crippen molar-refractivity contribution in [1.82, 2.24) is 0 Å². The second kappa shape index (κ2) is 18.8. The second-order valence-electron chi connectivity index (χ2n) is 28.3. The average molecular weight is 1160 g/mol. The molecule has 379 valence electrons. The van der Waals surface area contributed by atoms with E-state index in [-0.39, 0.29) is 18.1 Å². The Hall–Kier alpha value is -2.65. The van der Waals surface area contributed by atoms with E-state index in [1.807, 2.05) is 0 Å². The van der Waals surface area contributed by atoms with Gasteiger partial charge in [-0.25, -0.2) is 0 Å². The molecule has 0 saturated carbocycles. The molecule has 6 aromatic carbocycles. The van der Waals surface area contributed by atoms with Crippen LogP contribution >= 0.6 is 17.0 Å². The molecule has 0 aliphatic heterocycles. The van der Waals surface area contributed by atoms with Crippen LogP contribution in [0.15, 0.2) is 121 Å². The molecule has 2 aliphatic carbocycles. The van der Waals surface area contributed by atoms with Crippen LogP contribution in [0.1, 0.15) is 93.3 Å². The van der Waals surface area contributed by atoms with Crippen molar-refractivity contribution in [1.29, 1.82) is 0 Å². The summed E-state index contributed by atoms with van der Waals surface area (Å²) in [4.78, 5) is 0. The molecule has 0 heterocycles. The Morgan fingerprint density at radius 3 is 0.944 bits per heavy atom. The maximum atomic E-state index is 9.46. The molecule has 0 fully saturated rings. The summed E-state index contributed by atoms with van der Waals surface area (Å²) >= 11 is -5.48. The van der Waals surface area contributed by atoms with Crippen molar-refractivity contribution in [3.8, 4) is 22.3 Å². The van der Waals surface area contributed by atoms with Crippen LogP contribution in [0.4, 0.5) is 0 Å². The summed E-state index contributed by atoms with van der Waals surface area (Å²) in [6.45, 7) is 49.5. The second-order valence-corrected chi connectivity index (χ2v) is 91.1. The maximum absolute atomic E-state index is 9.46. The Morgan fingerprint density at radius 1 is 0.403 bits per heavy atom. The number of halogens is 2. The third-order valence-electron chi connectivity index (χ3n) is 16.3. The van der Waals surface area contributed by atoms with Crippen LogP contribution in [-0.4, -0.2) is 38.2 Å². The first-order valence-electron chi connectivity index (χ1n) is 26.8. The van der Waals surface area contributed by atoms with E-state index in [0.717, 1.165) is 0 Å². The molecule has 0 spiro atoms. The van der Waals surface area contributed by atoms with E-state index < -0.39 is 53.8 Å². The number of hydrogen-bond acceptors (Lipinski definition) is 0. The van der Waals surface area contributed by atoms with Crippen LogP contribution < -0.4 is 20.7 Å². The van der Waals surface area contributed by atoms with E-state index in [1.165, 1.54) is 98.7 Å². The Labute approximate surface area is 450 Å². The van der Waals surface area contributed by atoms with Crippen LogP contribution in [0.2, 0.25) is 91.7 Å². The molecule has 2 unspecified atom stereocenters. The van der Waals surface area contributed by atoms with Gasteiger partial charge in [0.25, 0.3) is 0 Å². The first-order valence-corrected chi connectivity index (χ1v) is 57.1. The molecular formula is C64H85Cl2Si5Zr. The SMILES string of the molecule is C[SiH](C)[Zr]([Cl])([Cl])([CH]1C(c2ccccc2)=Cc2c1ccc(C(C)(C)C)c2-c1cc([Si](C)(C)C)cc([Si](C)(C)C)c1)[CH]1C(c2ccccc2)=Cc2c1ccc(C(C)(C)C)c2-c1cc([Si](C)(C)C)cc([Si](C)(C)C)c1. The standard InChI is InChI=1S/2C31H39Si2.C2H7Si.2ClH.Zr/c2*1-31(2,3)29-16-15-23-17-24(22-13-11-10-12-14-22)20-28(23)30(29)25-18-26(32(4,5)6)21-27(19-25)33(7,8)9;1-3-2;;;/h2*10-21H,1-9H3;3H,1-2H3;2*1H;/q;;;;;+2/p-2. The zero-order valence-corrected chi connectivity index (χ0v) is 56.8. The van der Waals surface area contributed by atoms with Crippen molar-refractivity contribution in [3.63, 3.8) is 0 Å². The van der Waals surface area contributed by atoms with E-state index in [4.69, 9.17) is 0 Å². The first-order chi connectivity index (χ1) is 33.0. The fourth-order valence-corrected chi connectivity index (χ4v) is 46.9. The predicted molar refractivity (Wildman–Crippen MR) is 338 cm³/mol. The summed E-state index contributed by atoms with van der Waals surface area (Å²) in [7, 11) is 12.1. The number of benzene rings is 6. The van der Waals surface area contributed by atoms with Crippen LogP contribution in [-0.2, 0) is 26.4 Å². The molecule has 2 atom stereocenters. The summed E-state index contributed by atoms with van der Waals surface area (Å²) < 4.78 is -0.267. The van der Waals surface area contributed by atoms with Gasteiger partial charge in [0.2, 0.25) is 0 Å². The Morgan fingerprint density at radius 2 is 0.694 bits per heavy atom. The van der Waals surface area contributed by atoms with Crippen molar-refractivity contribution in [2.45, 2.75) is 151 Å². The van der Waals surface area contributed by atoms with Crippen LogP contribution in [0, 0.1) is 0 Å². The van der Waals surface area contributed by atoms with Gasteiger partial charge >= 0.3 is 454 Å². The molecule has 0 amide bonds. The molecule has 8 rings (SSSR count). The van der Waals surface area contributed by atoms with Crippen molar-refractivity contribution in [3.05, 3.63) is 166 Å². The van der Waals surface area contributed by atoms with Gasteiger partial charge in [-0.3, -0.25) is 0 Å². The number of hydrogen-bond donors (Lipinski definition) is 0. The third kappa shape index (κ3) is 10.1. The summed E-state index contributed by atoms with van der Waals surface area (Å²) in [5, 5.41) is 6.13. The summed E-state index contributed by atoms with van der Waals surface area (Å²) in [6.07, 6.45) is 5.17. The van der Waals surface area contributed by atoms with Crippen molar-refractivity contribution >= 4 is 99.3 Å². The summed E-state index contributed by atoms with van der Waals surface area (Å²) in [5.41, 5.74) is 18.4. The zero-order chi connectivity index (χ0) is 53.1. The predicted octanol–water partition coefficient (Wildman–Crippen LogP) is 17.7. The van der Waals surface area contributed by atoms with E-state index in [9.17, 15) is 17.0 Å². The first kappa shape index (κ1) is 55.6. The molecule has 0 nitrogen and oxygen atoms in total. The van der Waals surface area contributed by atoms with Crippen LogP contribution in [0.5, 0.6) is 0 Å². The minimum absolute atomic E-state index is 0.110. The minimum atomic E-state index is -5.48. The van der Waals surface area contributed by atoms with Crippen LogP contribution in [0.25, 0.3) is 45.6 Å². The quantitative estimate of drug-likeness (QED) is 0.113. The molecule has 0 N–H and O–H groups in total. The summed E-state index contributed by atoms with van der Waals surface area (Å²) in [6, 6.07) is 47.8. The van der Waals surface area contributed by atoms with E-state index >= 15 is 0 Å². The van der Waals surface area contributed by atoms with Crippen molar-refractivity contribution in [2.75, 3.05) is 0 Å². The average Bonchev–Trinajstić information content (AvgIpc) is 3.88. The fourth-order valence-electron chi connectivity index (χ4n) is 11.8. The van der Waals surface area contributed by atoms with Gasteiger partial charge < -0.3 is 0 Å². The molecule has 6 aromatic rings. The van der Waals surface area contributed by atoms with Gasteiger partial charge in [-0.2, -0.15) is 0 Å². The monoisotopic (exact) mass is 1150 g/mol. The van der Waals surface area contributed by atoms with Gasteiger partial charge in [-0.1, -0.05) is 0 Å². The van der Waals surface area contributed by atoms with Gasteiger partial charge in [0.1, 0.15) is 0 Å². The molecule has 0 bridgehead atoms. The number of fused-ring (bicyclic) bond motifs is 2. The molecule has 2 aliphatic rings. The van der Waals surface area contributed by atoms with Gasteiger partial charge in [-0.05, 0) is 0 Å². The Balaban J connectivity index is 1.52. The molecule has 72 heavy (non-hydrogen) atoms. The number of rotatable bonds is 11. The molecule has 0 radical (unpaired) electrons. The van der Waals surface area contributed by atoms with E-state index in [1.54, 1.807) is 0 Å².